The number of rotatable bonds is 2. The Bertz CT molecular complexity index is 776. The molecule has 2 unspecified atom stereocenters. The number of nitrogens with two attached hydrogens (primary N) is 1. The molecule has 5 rings (SSSR count). The number of nitrogen functional groups attached to an aromatic ring is 1. The largest absolute Gasteiger partial charge is 0.399 e. The maximum atomic E-state index is 5.81. The topological polar surface area (TPSA) is 76.3 Å². The van der Waals surface area contributed by atoms with E-state index in [1.807, 2.05) is 24.3 Å². The Kier molecular flexibility index (Phi) is 3.21. The lowest BCUT2D eigenvalue weighted by Crippen LogP contribution is -2.39. The second-order valence-electron chi connectivity index (χ2n) is 6.84. The van der Waals surface area contributed by atoms with Gasteiger partial charge in [0, 0.05) is 29.9 Å². The standard InChI is InChI=1S/C18H21N5O/c19-12-3-1-11(2-4-12)17-21-16-8-20-6-5-15(16)18(22-17)23-9-14-7-13(23)10-24-14/h1-4,13-14,20H,5-10,19H2. The van der Waals surface area contributed by atoms with Crippen molar-refractivity contribution >= 4 is 11.5 Å². The highest BCUT2D eigenvalue weighted by Gasteiger charge is 2.41. The van der Waals surface area contributed by atoms with Gasteiger partial charge in [-0.2, -0.15) is 0 Å². The number of anilines is 2. The van der Waals surface area contributed by atoms with Gasteiger partial charge in [0.1, 0.15) is 5.82 Å². The molecule has 6 heteroatoms. The zero-order valence-electron chi connectivity index (χ0n) is 13.5. The summed E-state index contributed by atoms with van der Waals surface area (Å²) in [6.07, 6.45) is 2.47. The van der Waals surface area contributed by atoms with Gasteiger partial charge in [0.15, 0.2) is 5.82 Å². The van der Waals surface area contributed by atoms with Crippen LogP contribution in [-0.4, -0.2) is 41.8 Å². The molecule has 3 aliphatic rings. The second kappa shape index (κ2) is 5.43. The molecule has 2 aromatic rings. The van der Waals surface area contributed by atoms with E-state index in [1.54, 1.807) is 0 Å². The zero-order valence-corrected chi connectivity index (χ0v) is 13.5. The van der Waals surface area contributed by atoms with Gasteiger partial charge < -0.3 is 20.7 Å². The third-order valence-corrected chi connectivity index (χ3v) is 5.26. The van der Waals surface area contributed by atoms with Crippen molar-refractivity contribution in [3.8, 4) is 11.4 Å². The molecular formula is C18H21N5O. The molecular weight excluding hydrogens is 302 g/mol. The molecule has 0 saturated carbocycles. The van der Waals surface area contributed by atoms with Crippen LogP contribution < -0.4 is 16.0 Å². The molecule has 2 saturated heterocycles. The van der Waals surface area contributed by atoms with Crippen LogP contribution in [0, 0.1) is 0 Å². The highest BCUT2D eigenvalue weighted by molar-refractivity contribution is 5.63. The van der Waals surface area contributed by atoms with Crippen LogP contribution in [0.4, 0.5) is 11.5 Å². The third-order valence-electron chi connectivity index (χ3n) is 5.26. The summed E-state index contributed by atoms with van der Waals surface area (Å²) in [7, 11) is 0. The number of hydrogen-bond donors (Lipinski definition) is 2. The Balaban J connectivity index is 1.62. The number of morpholine rings is 1. The summed E-state index contributed by atoms with van der Waals surface area (Å²) in [4.78, 5) is 12.3. The summed E-state index contributed by atoms with van der Waals surface area (Å²) in [6, 6.07) is 8.26. The van der Waals surface area contributed by atoms with Crippen molar-refractivity contribution in [2.75, 3.05) is 30.3 Å². The van der Waals surface area contributed by atoms with Crippen LogP contribution in [0.25, 0.3) is 11.4 Å². The summed E-state index contributed by atoms with van der Waals surface area (Å²) < 4.78 is 5.76. The van der Waals surface area contributed by atoms with Crippen molar-refractivity contribution in [2.24, 2.45) is 0 Å². The van der Waals surface area contributed by atoms with E-state index < -0.39 is 0 Å². The molecule has 2 atom stereocenters. The smallest absolute Gasteiger partial charge is 0.161 e. The number of aromatic nitrogens is 2. The molecule has 0 radical (unpaired) electrons. The lowest BCUT2D eigenvalue weighted by Gasteiger charge is -2.31. The van der Waals surface area contributed by atoms with E-state index in [-0.39, 0.29) is 0 Å². The van der Waals surface area contributed by atoms with E-state index in [4.69, 9.17) is 20.4 Å². The lowest BCUT2D eigenvalue weighted by molar-refractivity contribution is 0.0988. The van der Waals surface area contributed by atoms with Crippen LogP contribution in [0.3, 0.4) is 0 Å². The van der Waals surface area contributed by atoms with Gasteiger partial charge in [0.2, 0.25) is 0 Å². The highest BCUT2D eigenvalue weighted by atomic mass is 16.5. The van der Waals surface area contributed by atoms with E-state index in [9.17, 15) is 0 Å². The fourth-order valence-electron chi connectivity index (χ4n) is 4.00. The molecule has 2 fully saturated rings. The van der Waals surface area contributed by atoms with Gasteiger partial charge >= 0.3 is 0 Å². The van der Waals surface area contributed by atoms with Gasteiger partial charge in [-0.15, -0.1) is 0 Å². The van der Waals surface area contributed by atoms with Crippen molar-refractivity contribution in [3.63, 3.8) is 0 Å². The van der Waals surface area contributed by atoms with E-state index >= 15 is 0 Å². The van der Waals surface area contributed by atoms with Crippen LogP contribution in [0.1, 0.15) is 17.7 Å². The zero-order chi connectivity index (χ0) is 16.1. The van der Waals surface area contributed by atoms with Crippen molar-refractivity contribution in [3.05, 3.63) is 35.5 Å². The maximum absolute atomic E-state index is 5.81. The fraction of sp³-hybridized carbons (Fsp3) is 0.444. The van der Waals surface area contributed by atoms with E-state index in [0.29, 0.717) is 12.1 Å². The molecule has 124 valence electrons. The van der Waals surface area contributed by atoms with Gasteiger partial charge in [-0.3, -0.25) is 0 Å². The van der Waals surface area contributed by atoms with E-state index in [0.717, 1.165) is 67.7 Å². The molecule has 24 heavy (non-hydrogen) atoms. The Hall–Kier alpha value is -2.18. The summed E-state index contributed by atoms with van der Waals surface area (Å²) in [5.74, 6) is 1.90. The average molecular weight is 323 g/mol. The maximum Gasteiger partial charge on any atom is 0.161 e. The number of benzene rings is 1. The molecule has 4 heterocycles. The summed E-state index contributed by atoms with van der Waals surface area (Å²) in [6.45, 7) is 3.57. The van der Waals surface area contributed by atoms with E-state index in [1.165, 1.54) is 5.56 Å². The predicted octanol–water partition coefficient (Wildman–Crippen LogP) is 1.35. The highest BCUT2D eigenvalue weighted by Crippen LogP contribution is 2.36. The minimum Gasteiger partial charge on any atom is -0.399 e. The average Bonchev–Trinajstić information content (AvgIpc) is 3.25. The van der Waals surface area contributed by atoms with Crippen LogP contribution in [0.5, 0.6) is 0 Å². The van der Waals surface area contributed by atoms with Gasteiger partial charge in [-0.25, -0.2) is 9.97 Å². The molecule has 0 amide bonds. The number of fused-ring (bicyclic) bond motifs is 3. The minimum atomic E-state index is 0.363. The van der Waals surface area contributed by atoms with Gasteiger partial charge in [-0.1, -0.05) is 0 Å². The first-order valence-electron chi connectivity index (χ1n) is 8.62. The van der Waals surface area contributed by atoms with Gasteiger partial charge in [-0.05, 0) is 43.7 Å². The molecule has 0 aliphatic carbocycles. The summed E-state index contributed by atoms with van der Waals surface area (Å²) >= 11 is 0. The Labute approximate surface area is 141 Å². The Morgan fingerprint density at radius 2 is 2.08 bits per heavy atom. The fourth-order valence-corrected chi connectivity index (χ4v) is 4.00. The quantitative estimate of drug-likeness (QED) is 0.813. The SMILES string of the molecule is Nc1ccc(-c2nc3c(c(N4CC5CC4CO5)n2)CCNC3)cc1. The second-order valence-corrected chi connectivity index (χ2v) is 6.84. The van der Waals surface area contributed by atoms with E-state index in [2.05, 4.69) is 10.2 Å². The van der Waals surface area contributed by atoms with Crippen molar-refractivity contribution in [1.82, 2.24) is 15.3 Å². The van der Waals surface area contributed by atoms with Gasteiger partial charge in [0.25, 0.3) is 0 Å². The first-order valence-corrected chi connectivity index (χ1v) is 8.62. The number of nitrogens with zero attached hydrogens (tertiary/aromatic N) is 3. The minimum absolute atomic E-state index is 0.363. The molecule has 1 aromatic carbocycles. The Morgan fingerprint density at radius 1 is 1.21 bits per heavy atom. The van der Waals surface area contributed by atoms with Crippen LogP contribution in [-0.2, 0) is 17.7 Å². The monoisotopic (exact) mass is 323 g/mol. The third kappa shape index (κ3) is 2.25. The molecule has 6 nitrogen and oxygen atoms in total. The number of ether oxygens (including phenoxy) is 1. The Morgan fingerprint density at radius 3 is 2.83 bits per heavy atom. The predicted molar refractivity (Wildman–Crippen MR) is 92.8 cm³/mol. The molecule has 3 aliphatic heterocycles. The van der Waals surface area contributed by atoms with Crippen molar-refractivity contribution < 1.29 is 4.74 Å². The van der Waals surface area contributed by atoms with Crippen molar-refractivity contribution in [1.29, 1.82) is 0 Å². The number of hydrogen-bond acceptors (Lipinski definition) is 6. The van der Waals surface area contributed by atoms with Gasteiger partial charge in [0.05, 0.1) is 24.4 Å². The summed E-state index contributed by atoms with van der Waals surface area (Å²) in [5.41, 5.74) is 10.0. The molecule has 2 bridgehead atoms. The molecule has 3 N–H and O–H groups in total. The first kappa shape index (κ1) is 14.2. The van der Waals surface area contributed by atoms with Crippen LogP contribution in [0.2, 0.25) is 0 Å². The first-order chi connectivity index (χ1) is 11.8. The van der Waals surface area contributed by atoms with Crippen LogP contribution in [0.15, 0.2) is 24.3 Å². The lowest BCUT2D eigenvalue weighted by atomic mass is 10.1. The number of nitrogens with one attached hydrogen (secondary N) is 1. The molecule has 1 aromatic heterocycles. The summed E-state index contributed by atoms with van der Waals surface area (Å²) in [5, 5.41) is 3.43. The van der Waals surface area contributed by atoms with Crippen LogP contribution >= 0.6 is 0 Å². The normalized spacial score (nSPS) is 25.1. The molecule has 0 spiro atoms. The van der Waals surface area contributed by atoms with Crippen molar-refractivity contribution in [2.45, 2.75) is 31.5 Å².